The lowest BCUT2D eigenvalue weighted by molar-refractivity contribution is -0.277. The number of aliphatic hydroxyl groups is 4. The molecule has 1 aromatic heterocycles. The highest BCUT2D eigenvalue weighted by Gasteiger charge is 2.44. The zero-order valence-electron chi connectivity index (χ0n) is 16.9. The molecule has 1 aliphatic rings. The van der Waals surface area contributed by atoms with Crippen LogP contribution in [-0.2, 0) is 4.74 Å². The minimum atomic E-state index is -1.58. The van der Waals surface area contributed by atoms with Crippen LogP contribution in [0.2, 0.25) is 0 Å². The first-order chi connectivity index (χ1) is 15.3. The van der Waals surface area contributed by atoms with E-state index in [2.05, 4.69) is 0 Å². The van der Waals surface area contributed by atoms with Crippen molar-refractivity contribution in [3.05, 3.63) is 52.9 Å². The third-order valence-electron chi connectivity index (χ3n) is 5.34. The number of phenols is 1. The monoisotopic (exact) mass is 446 g/mol. The van der Waals surface area contributed by atoms with Crippen LogP contribution in [0.3, 0.4) is 0 Å². The van der Waals surface area contributed by atoms with Crippen molar-refractivity contribution in [3.8, 4) is 28.4 Å². The quantitative estimate of drug-likeness (QED) is 0.370. The van der Waals surface area contributed by atoms with E-state index in [1.165, 1.54) is 43.7 Å². The van der Waals surface area contributed by atoms with Crippen molar-refractivity contribution in [1.29, 1.82) is 0 Å². The Labute approximate surface area is 181 Å². The topological polar surface area (TPSA) is 159 Å². The fraction of sp³-hybridized carbons (Fsp3) is 0.318. The average molecular weight is 446 g/mol. The van der Waals surface area contributed by atoms with Crippen LogP contribution in [-0.4, -0.2) is 70.0 Å². The molecular weight excluding hydrogens is 424 g/mol. The van der Waals surface area contributed by atoms with Gasteiger partial charge in [-0.3, -0.25) is 4.79 Å². The van der Waals surface area contributed by atoms with Crippen molar-refractivity contribution >= 4 is 11.0 Å². The molecule has 0 bridgehead atoms. The van der Waals surface area contributed by atoms with Gasteiger partial charge in [0.25, 0.3) is 0 Å². The van der Waals surface area contributed by atoms with Crippen molar-refractivity contribution in [2.75, 3.05) is 13.7 Å². The first-order valence-electron chi connectivity index (χ1n) is 9.74. The summed E-state index contributed by atoms with van der Waals surface area (Å²) in [6, 6.07) is 8.88. The summed E-state index contributed by atoms with van der Waals surface area (Å²) in [4.78, 5) is 12.9. The molecule has 5 atom stereocenters. The van der Waals surface area contributed by atoms with E-state index in [0.717, 1.165) is 0 Å². The number of benzene rings is 2. The van der Waals surface area contributed by atoms with E-state index in [9.17, 15) is 30.3 Å². The Morgan fingerprint density at radius 3 is 2.50 bits per heavy atom. The molecule has 5 N–H and O–H groups in total. The van der Waals surface area contributed by atoms with E-state index in [1.807, 2.05) is 0 Å². The number of fused-ring (bicyclic) bond motifs is 1. The molecule has 2 aromatic carbocycles. The van der Waals surface area contributed by atoms with E-state index in [4.69, 9.17) is 18.6 Å². The molecule has 170 valence electrons. The van der Waals surface area contributed by atoms with E-state index in [1.54, 1.807) is 6.07 Å². The van der Waals surface area contributed by atoms with Crippen LogP contribution in [0, 0.1) is 0 Å². The van der Waals surface area contributed by atoms with Crippen molar-refractivity contribution in [2.45, 2.75) is 30.7 Å². The number of methoxy groups -OCH3 is 1. The summed E-state index contributed by atoms with van der Waals surface area (Å²) in [7, 11) is 1.42. The van der Waals surface area contributed by atoms with E-state index in [0.29, 0.717) is 5.56 Å². The van der Waals surface area contributed by atoms with Crippen molar-refractivity contribution in [3.63, 3.8) is 0 Å². The number of phenolic OH excluding ortho intramolecular Hbond substituents is 1. The fourth-order valence-corrected chi connectivity index (χ4v) is 3.54. The molecule has 4 rings (SSSR count). The fourth-order valence-electron chi connectivity index (χ4n) is 3.54. The summed E-state index contributed by atoms with van der Waals surface area (Å²) in [5.41, 5.74) is 0.535. The first kappa shape index (κ1) is 22.1. The van der Waals surface area contributed by atoms with E-state index in [-0.39, 0.29) is 39.2 Å². The Morgan fingerprint density at radius 1 is 1.03 bits per heavy atom. The molecule has 1 fully saturated rings. The SMILES string of the molecule is COc1ccc(-c2coc3cc(OC4OC(CO)C(O)C(O)C4O)ccc3c2=O)cc1O. The first-order valence-corrected chi connectivity index (χ1v) is 9.74. The summed E-state index contributed by atoms with van der Waals surface area (Å²) in [5.74, 6) is 0.321. The second-order valence-corrected chi connectivity index (χ2v) is 7.34. The molecule has 5 unspecified atom stereocenters. The van der Waals surface area contributed by atoms with Crippen molar-refractivity contribution in [1.82, 2.24) is 0 Å². The molecule has 0 amide bonds. The van der Waals surface area contributed by atoms with Gasteiger partial charge in [-0.2, -0.15) is 0 Å². The molecule has 1 aliphatic heterocycles. The van der Waals surface area contributed by atoms with Crippen LogP contribution in [0.4, 0.5) is 0 Å². The van der Waals surface area contributed by atoms with Gasteiger partial charge in [0.05, 0.1) is 24.7 Å². The number of hydrogen-bond donors (Lipinski definition) is 5. The van der Waals surface area contributed by atoms with Crippen LogP contribution in [0.5, 0.6) is 17.2 Å². The molecule has 0 saturated carbocycles. The van der Waals surface area contributed by atoms with Crippen LogP contribution in [0.15, 0.2) is 51.9 Å². The van der Waals surface area contributed by atoms with E-state index >= 15 is 0 Å². The molecule has 0 radical (unpaired) electrons. The zero-order chi connectivity index (χ0) is 23.0. The molecule has 32 heavy (non-hydrogen) atoms. The summed E-state index contributed by atoms with van der Waals surface area (Å²) in [5, 5.41) is 49.4. The van der Waals surface area contributed by atoms with Crippen molar-refractivity contribution in [2.24, 2.45) is 0 Å². The van der Waals surface area contributed by atoms with Gasteiger partial charge in [0, 0.05) is 6.07 Å². The molecule has 1 saturated heterocycles. The number of aromatic hydroxyl groups is 1. The largest absolute Gasteiger partial charge is 0.504 e. The standard InChI is InChI=1S/C22H22O10/c1-29-15-5-2-10(6-14(15)24)13-9-30-16-7-11(3-4-12(16)18(13)25)31-22-21(28)20(27)19(26)17(8-23)32-22/h2-7,9,17,19-24,26-28H,8H2,1H3. The van der Waals surface area contributed by atoms with Crippen LogP contribution in [0.1, 0.15) is 0 Å². The maximum atomic E-state index is 12.9. The maximum Gasteiger partial charge on any atom is 0.229 e. The van der Waals surface area contributed by atoms with Crippen LogP contribution >= 0.6 is 0 Å². The summed E-state index contributed by atoms with van der Waals surface area (Å²) >= 11 is 0. The minimum Gasteiger partial charge on any atom is -0.504 e. The molecule has 10 nitrogen and oxygen atoms in total. The lowest BCUT2D eigenvalue weighted by Gasteiger charge is -2.39. The van der Waals surface area contributed by atoms with Gasteiger partial charge < -0.3 is 44.2 Å². The van der Waals surface area contributed by atoms with Crippen LogP contribution < -0.4 is 14.9 Å². The Kier molecular flexibility index (Phi) is 6.04. The van der Waals surface area contributed by atoms with Gasteiger partial charge >= 0.3 is 0 Å². The lowest BCUT2D eigenvalue weighted by Crippen LogP contribution is -2.60. The highest BCUT2D eigenvalue weighted by atomic mass is 16.7. The van der Waals surface area contributed by atoms with Gasteiger partial charge in [-0.1, -0.05) is 6.07 Å². The summed E-state index contributed by atoms with van der Waals surface area (Å²) < 4.78 is 21.5. The second-order valence-electron chi connectivity index (χ2n) is 7.34. The van der Waals surface area contributed by atoms with Crippen LogP contribution in [0.25, 0.3) is 22.1 Å². The predicted molar refractivity (Wildman–Crippen MR) is 111 cm³/mol. The third kappa shape index (κ3) is 3.90. The predicted octanol–water partition coefficient (Wildman–Crippen LogP) is 0.353. The lowest BCUT2D eigenvalue weighted by atomic mass is 9.99. The second kappa shape index (κ2) is 8.77. The van der Waals surface area contributed by atoms with Gasteiger partial charge in [0.2, 0.25) is 6.29 Å². The maximum absolute atomic E-state index is 12.9. The molecule has 10 heteroatoms. The highest BCUT2D eigenvalue weighted by molar-refractivity contribution is 5.83. The summed E-state index contributed by atoms with van der Waals surface area (Å²) in [6.45, 7) is -0.582. The van der Waals surface area contributed by atoms with E-state index < -0.39 is 37.3 Å². The molecule has 0 aliphatic carbocycles. The number of hydrogen-bond acceptors (Lipinski definition) is 10. The Morgan fingerprint density at radius 2 is 1.81 bits per heavy atom. The highest BCUT2D eigenvalue weighted by Crippen LogP contribution is 2.32. The molecule has 3 aromatic rings. The Hall–Kier alpha value is -3.15. The van der Waals surface area contributed by atoms with Gasteiger partial charge in [0.1, 0.15) is 42.0 Å². The third-order valence-corrected chi connectivity index (χ3v) is 5.34. The number of ether oxygens (including phenoxy) is 3. The minimum absolute atomic E-state index is 0.118. The molecular formula is C22H22O10. The smallest absolute Gasteiger partial charge is 0.229 e. The van der Waals surface area contributed by atoms with Gasteiger partial charge in [-0.15, -0.1) is 0 Å². The van der Waals surface area contributed by atoms with Gasteiger partial charge in [-0.05, 0) is 29.8 Å². The van der Waals surface area contributed by atoms with Gasteiger partial charge in [0.15, 0.2) is 16.9 Å². The molecule has 0 spiro atoms. The average Bonchev–Trinajstić information content (AvgIpc) is 2.79. The normalized spacial score (nSPS) is 25.6. The summed E-state index contributed by atoms with van der Waals surface area (Å²) in [6.07, 6.45) is -5.87. The molecule has 2 heterocycles. The number of rotatable bonds is 5. The number of aliphatic hydroxyl groups excluding tert-OH is 4. The zero-order valence-corrected chi connectivity index (χ0v) is 16.9. The Bertz CT molecular complexity index is 1170. The van der Waals surface area contributed by atoms with Crippen molar-refractivity contribution < 1.29 is 44.2 Å². The van der Waals surface area contributed by atoms with Gasteiger partial charge in [-0.25, -0.2) is 0 Å². The Balaban J connectivity index is 1.62.